The normalized spacial score (nSPS) is 9.91. The van der Waals surface area contributed by atoms with E-state index in [-0.39, 0.29) is 12.5 Å². The molecule has 0 unspecified atom stereocenters. The van der Waals surface area contributed by atoms with Crippen LogP contribution in [0.15, 0.2) is 54.6 Å². The number of benzene rings is 2. The molecule has 0 atom stereocenters. The predicted octanol–water partition coefficient (Wildman–Crippen LogP) is 2.52. The molecule has 0 radical (unpaired) electrons. The molecule has 0 bridgehead atoms. The lowest BCUT2D eigenvalue weighted by molar-refractivity contribution is -0.121. The lowest BCUT2D eigenvalue weighted by Crippen LogP contribution is -2.31. The molecule has 1 amide bonds. The molecule has 0 heterocycles. The molecule has 0 spiro atoms. The van der Waals surface area contributed by atoms with Gasteiger partial charge in [-0.25, -0.2) is 4.79 Å². The lowest BCUT2D eigenvalue weighted by atomic mass is 10.2. The molecule has 5 heteroatoms. The highest BCUT2D eigenvalue weighted by Crippen LogP contribution is 2.13. The molecule has 2 rings (SSSR count). The van der Waals surface area contributed by atoms with Crippen LogP contribution in [0.25, 0.3) is 0 Å². The SMILES string of the molecule is COc1ccc(C(=O)OCC(=O)N(C)c2ccccc2)cc1. The molecule has 0 saturated heterocycles. The molecule has 5 nitrogen and oxygen atoms in total. The van der Waals surface area contributed by atoms with E-state index in [0.29, 0.717) is 11.3 Å². The van der Waals surface area contributed by atoms with Crippen molar-refractivity contribution in [3.8, 4) is 5.75 Å². The molecular formula is C17H17NO4. The van der Waals surface area contributed by atoms with E-state index < -0.39 is 5.97 Å². The van der Waals surface area contributed by atoms with E-state index >= 15 is 0 Å². The Morgan fingerprint density at radius 2 is 1.64 bits per heavy atom. The summed E-state index contributed by atoms with van der Waals surface area (Å²) in [5, 5.41) is 0. The maximum Gasteiger partial charge on any atom is 0.338 e. The fourth-order valence-corrected chi connectivity index (χ4v) is 1.83. The second-order valence-electron chi connectivity index (χ2n) is 4.59. The Kier molecular flexibility index (Phi) is 5.14. The number of hydrogen-bond acceptors (Lipinski definition) is 4. The molecular weight excluding hydrogens is 282 g/mol. The van der Waals surface area contributed by atoms with Gasteiger partial charge in [0.25, 0.3) is 5.91 Å². The van der Waals surface area contributed by atoms with E-state index in [1.54, 1.807) is 38.4 Å². The van der Waals surface area contributed by atoms with Crippen LogP contribution in [-0.4, -0.2) is 32.6 Å². The fraction of sp³-hybridized carbons (Fsp3) is 0.176. The number of methoxy groups -OCH3 is 1. The minimum atomic E-state index is -0.544. The number of nitrogens with zero attached hydrogens (tertiary/aromatic N) is 1. The third kappa shape index (κ3) is 3.85. The summed E-state index contributed by atoms with van der Waals surface area (Å²) in [5.74, 6) is -0.193. The van der Waals surface area contributed by atoms with Gasteiger partial charge in [-0.15, -0.1) is 0 Å². The molecule has 0 aliphatic carbocycles. The second-order valence-corrected chi connectivity index (χ2v) is 4.59. The van der Waals surface area contributed by atoms with Gasteiger partial charge in [0.2, 0.25) is 0 Å². The maximum absolute atomic E-state index is 12.0. The van der Waals surface area contributed by atoms with Crippen LogP contribution in [0.5, 0.6) is 5.75 Å². The topological polar surface area (TPSA) is 55.8 Å². The van der Waals surface area contributed by atoms with Crippen molar-refractivity contribution in [2.75, 3.05) is 25.7 Å². The smallest absolute Gasteiger partial charge is 0.338 e. The number of para-hydroxylation sites is 1. The zero-order valence-corrected chi connectivity index (χ0v) is 12.5. The van der Waals surface area contributed by atoms with Crippen molar-refractivity contribution in [3.63, 3.8) is 0 Å². The van der Waals surface area contributed by atoms with E-state index in [4.69, 9.17) is 9.47 Å². The summed E-state index contributed by atoms with van der Waals surface area (Å²) in [5.41, 5.74) is 1.11. The number of ether oxygens (including phenoxy) is 2. The van der Waals surface area contributed by atoms with Gasteiger partial charge < -0.3 is 14.4 Å². The molecule has 0 fully saturated rings. The molecule has 0 N–H and O–H groups in total. The maximum atomic E-state index is 12.0. The summed E-state index contributed by atoms with van der Waals surface area (Å²) in [6.07, 6.45) is 0. The Balaban J connectivity index is 1.91. The average Bonchev–Trinajstić information content (AvgIpc) is 2.59. The molecule has 0 saturated carbocycles. The summed E-state index contributed by atoms with van der Waals surface area (Å²) in [6, 6.07) is 15.7. The average molecular weight is 299 g/mol. The quantitative estimate of drug-likeness (QED) is 0.796. The summed E-state index contributed by atoms with van der Waals surface area (Å²) in [7, 11) is 3.18. The zero-order chi connectivity index (χ0) is 15.9. The van der Waals surface area contributed by atoms with Crippen molar-refractivity contribution in [1.29, 1.82) is 0 Å². The summed E-state index contributed by atoms with van der Waals surface area (Å²) in [6.45, 7) is -0.309. The van der Waals surface area contributed by atoms with Gasteiger partial charge in [-0.05, 0) is 36.4 Å². The number of carbonyl (C=O) groups excluding carboxylic acids is 2. The molecule has 22 heavy (non-hydrogen) atoms. The van der Waals surface area contributed by atoms with Crippen molar-refractivity contribution >= 4 is 17.6 Å². The van der Waals surface area contributed by atoms with Crippen LogP contribution in [0.3, 0.4) is 0 Å². The van der Waals surface area contributed by atoms with Gasteiger partial charge in [-0.1, -0.05) is 18.2 Å². The monoisotopic (exact) mass is 299 g/mol. The number of esters is 1. The Morgan fingerprint density at radius 3 is 2.23 bits per heavy atom. The first-order chi connectivity index (χ1) is 10.6. The van der Waals surface area contributed by atoms with Crippen molar-refractivity contribution < 1.29 is 19.1 Å². The lowest BCUT2D eigenvalue weighted by Gasteiger charge is -2.17. The number of anilines is 1. The van der Waals surface area contributed by atoms with Gasteiger partial charge in [0.15, 0.2) is 6.61 Å². The molecule has 0 aliphatic heterocycles. The number of carbonyl (C=O) groups is 2. The fourth-order valence-electron chi connectivity index (χ4n) is 1.83. The zero-order valence-electron chi connectivity index (χ0n) is 12.5. The van der Waals surface area contributed by atoms with Crippen LogP contribution in [0, 0.1) is 0 Å². The summed E-state index contributed by atoms with van der Waals surface area (Å²) in [4.78, 5) is 25.3. The molecule has 0 aliphatic rings. The van der Waals surface area contributed by atoms with E-state index in [0.717, 1.165) is 5.69 Å². The van der Waals surface area contributed by atoms with Crippen LogP contribution in [-0.2, 0) is 9.53 Å². The summed E-state index contributed by atoms with van der Waals surface area (Å²) >= 11 is 0. The predicted molar refractivity (Wildman–Crippen MR) is 83.1 cm³/mol. The van der Waals surface area contributed by atoms with Gasteiger partial charge in [0, 0.05) is 12.7 Å². The van der Waals surface area contributed by atoms with E-state index in [2.05, 4.69) is 0 Å². The first kappa shape index (κ1) is 15.6. The molecule has 2 aromatic carbocycles. The largest absolute Gasteiger partial charge is 0.497 e. The van der Waals surface area contributed by atoms with Crippen LogP contribution >= 0.6 is 0 Å². The molecule has 114 valence electrons. The highest BCUT2D eigenvalue weighted by Gasteiger charge is 2.14. The van der Waals surface area contributed by atoms with Crippen LogP contribution in [0.2, 0.25) is 0 Å². The van der Waals surface area contributed by atoms with Crippen molar-refractivity contribution in [2.24, 2.45) is 0 Å². The number of hydrogen-bond donors (Lipinski definition) is 0. The number of amides is 1. The van der Waals surface area contributed by atoms with E-state index in [9.17, 15) is 9.59 Å². The highest BCUT2D eigenvalue weighted by atomic mass is 16.5. The third-order valence-corrected chi connectivity index (χ3v) is 3.17. The first-order valence-corrected chi connectivity index (χ1v) is 6.74. The van der Waals surface area contributed by atoms with Gasteiger partial charge in [-0.3, -0.25) is 4.79 Å². The van der Waals surface area contributed by atoms with Crippen molar-refractivity contribution in [3.05, 3.63) is 60.2 Å². The van der Waals surface area contributed by atoms with Crippen LogP contribution in [0.1, 0.15) is 10.4 Å². The Labute approximate surface area is 129 Å². The van der Waals surface area contributed by atoms with Crippen molar-refractivity contribution in [2.45, 2.75) is 0 Å². The third-order valence-electron chi connectivity index (χ3n) is 3.17. The number of likely N-dealkylation sites (N-methyl/N-ethyl adjacent to an activating group) is 1. The van der Waals surface area contributed by atoms with Crippen LogP contribution in [0.4, 0.5) is 5.69 Å². The standard InChI is InChI=1S/C17H17NO4/c1-18(14-6-4-3-5-7-14)16(19)12-22-17(20)13-8-10-15(21-2)11-9-13/h3-11H,12H2,1-2H3. The summed E-state index contributed by atoms with van der Waals surface area (Å²) < 4.78 is 10.0. The van der Waals surface area contributed by atoms with Gasteiger partial charge in [-0.2, -0.15) is 0 Å². The molecule has 0 aromatic heterocycles. The van der Waals surface area contributed by atoms with E-state index in [1.165, 1.54) is 4.90 Å². The highest BCUT2D eigenvalue weighted by molar-refractivity contribution is 5.96. The Hall–Kier alpha value is -2.82. The first-order valence-electron chi connectivity index (χ1n) is 6.74. The van der Waals surface area contributed by atoms with Gasteiger partial charge in [0.05, 0.1) is 12.7 Å². The van der Waals surface area contributed by atoms with Crippen molar-refractivity contribution in [1.82, 2.24) is 0 Å². The number of rotatable bonds is 5. The minimum Gasteiger partial charge on any atom is -0.497 e. The van der Waals surface area contributed by atoms with E-state index in [1.807, 2.05) is 30.3 Å². The second kappa shape index (κ2) is 7.26. The Morgan fingerprint density at radius 1 is 1.00 bits per heavy atom. The van der Waals surface area contributed by atoms with Crippen LogP contribution < -0.4 is 9.64 Å². The van der Waals surface area contributed by atoms with Gasteiger partial charge >= 0.3 is 5.97 Å². The molecule has 2 aromatic rings. The minimum absolute atomic E-state index is 0.298. The Bertz CT molecular complexity index is 637. The van der Waals surface area contributed by atoms with Gasteiger partial charge in [0.1, 0.15) is 5.75 Å².